The van der Waals surface area contributed by atoms with E-state index in [1.54, 1.807) is 6.20 Å². The molecular weight excluding hydrogens is 244 g/mol. The van der Waals surface area contributed by atoms with E-state index in [0.717, 1.165) is 0 Å². The van der Waals surface area contributed by atoms with Crippen LogP contribution < -0.4 is 0 Å². The summed E-state index contributed by atoms with van der Waals surface area (Å²) in [6.07, 6.45) is 3.48. The predicted octanol–water partition coefficient (Wildman–Crippen LogP) is 3.11. The van der Waals surface area contributed by atoms with Crippen LogP contribution in [0.4, 0.5) is 0 Å². The Morgan fingerprint density at radius 1 is 1.44 bits per heavy atom. The molecule has 4 nitrogen and oxygen atoms in total. The van der Waals surface area contributed by atoms with Gasteiger partial charge in [0, 0.05) is 25.9 Å². The Morgan fingerprint density at radius 3 is 2.56 bits per heavy atom. The first-order chi connectivity index (χ1) is 8.15. The lowest BCUT2D eigenvalue weighted by molar-refractivity contribution is 0.0998. The third-order valence-corrected chi connectivity index (χ3v) is 8.17. The van der Waals surface area contributed by atoms with E-state index in [1.807, 2.05) is 10.8 Å². The molecule has 0 aromatic carbocycles. The summed E-state index contributed by atoms with van der Waals surface area (Å²) in [4.78, 5) is 15.4. The van der Waals surface area contributed by atoms with E-state index in [2.05, 4.69) is 38.8 Å². The van der Waals surface area contributed by atoms with Crippen molar-refractivity contribution >= 4 is 14.1 Å². The lowest BCUT2D eigenvalue weighted by Gasteiger charge is -2.36. The van der Waals surface area contributed by atoms with Crippen LogP contribution in [0.1, 0.15) is 38.3 Å². The second-order valence-electron chi connectivity index (χ2n) is 6.11. The number of ketones is 1. The summed E-state index contributed by atoms with van der Waals surface area (Å²) in [5, 5.41) is 0.214. The molecule has 0 aliphatic carbocycles. The number of aromatic nitrogens is 2. The van der Waals surface area contributed by atoms with E-state index in [9.17, 15) is 4.79 Å². The van der Waals surface area contributed by atoms with E-state index in [0.29, 0.717) is 19.0 Å². The van der Waals surface area contributed by atoms with Crippen molar-refractivity contribution in [3.8, 4) is 0 Å². The van der Waals surface area contributed by atoms with Crippen molar-refractivity contribution in [3.63, 3.8) is 0 Å². The van der Waals surface area contributed by atoms with Gasteiger partial charge in [-0.15, -0.1) is 0 Å². The third kappa shape index (κ3) is 3.52. The number of carbonyl (C=O) groups excluding carboxylic acids is 1. The van der Waals surface area contributed by atoms with Crippen LogP contribution in [-0.2, 0) is 11.0 Å². The molecule has 0 fully saturated rings. The molecule has 0 saturated heterocycles. The van der Waals surface area contributed by atoms with Gasteiger partial charge in [-0.2, -0.15) is 0 Å². The molecule has 0 bridgehead atoms. The summed E-state index contributed by atoms with van der Waals surface area (Å²) in [6, 6.07) is 0. The molecule has 0 amide bonds. The van der Waals surface area contributed by atoms with Crippen LogP contribution in [0.15, 0.2) is 12.4 Å². The number of carbonyl (C=O) groups is 1. The van der Waals surface area contributed by atoms with Crippen molar-refractivity contribution in [2.24, 2.45) is 0 Å². The SMILES string of the molecule is CC(=O)c1nccn1CCO[Si](C)(C)C(C)(C)C. The van der Waals surface area contributed by atoms with Crippen molar-refractivity contribution in [2.45, 2.75) is 52.4 Å². The molecule has 0 unspecified atom stereocenters. The molecule has 0 spiro atoms. The minimum Gasteiger partial charge on any atom is -0.415 e. The Balaban J connectivity index is 2.57. The second-order valence-corrected chi connectivity index (χ2v) is 10.9. The molecule has 0 saturated carbocycles. The number of hydrogen-bond acceptors (Lipinski definition) is 3. The van der Waals surface area contributed by atoms with Gasteiger partial charge in [0.25, 0.3) is 0 Å². The van der Waals surface area contributed by atoms with Gasteiger partial charge in [0.15, 0.2) is 19.9 Å². The fraction of sp³-hybridized carbons (Fsp3) is 0.692. The number of imidazole rings is 1. The number of hydrogen-bond donors (Lipinski definition) is 0. The molecule has 0 atom stereocenters. The number of rotatable bonds is 5. The monoisotopic (exact) mass is 268 g/mol. The highest BCUT2D eigenvalue weighted by Crippen LogP contribution is 2.36. The highest BCUT2D eigenvalue weighted by Gasteiger charge is 2.36. The first-order valence-corrected chi connectivity index (χ1v) is 9.22. The summed E-state index contributed by atoms with van der Waals surface area (Å²) >= 11 is 0. The summed E-state index contributed by atoms with van der Waals surface area (Å²) in [6.45, 7) is 14.0. The van der Waals surface area contributed by atoms with Crippen LogP contribution in [0, 0.1) is 0 Å². The first kappa shape index (κ1) is 15.1. The minimum atomic E-state index is -1.70. The van der Waals surface area contributed by atoms with Gasteiger partial charge in [0.1, 0.15) is 0 Å². The summed E-state index contributed by atoms with van der Waals surface area (Å²) in [7, 11) is -1.70. The fourth-order valence-electron chi connectivity index (χ4n) is 1.42. The van der Waals surface area contributed by atoms with Gasteiger partial charge in [-0.1, -0.05) is 20.8 Å². The molecule has 1 aromatic heterocycles. The van der Waals surface area contributed by atoms with Crippen LogP contribution in [-0.4, -0.2) is 30.3 Å². The molecule has 5 heteroatoms. The van der Waals surface area contributed by atoms with E-state index in [4.69, 9.17) is 4.43 Å². The average Bonchev–Trinajstić information content (AvgIpc) is 2.63. The Morgan fingerprint density at radius 2 is 2.06 bits per heavy atom. The van der Waals surface area contributed by atoms with Gasteiger partial charge >= 0.3 is 0 Å². The van der Waals surface area contributed by atoms with Crippen LogP contribution in [0.3, 0.4) is 0 Å². The standard InChI is InChI=1S/C13H24N2O2Si/c1-11(16)12-14-7-8-15(12)9-10-17-18(5,6)13(2,3)4/h7-8H,9-10H2,1-6H3. The van der Waals surface area contributed by atoms with Gasteiger partial charge < -0.3 is 8.99 Å². The second kappa shape index (κ2) is 5.36. The molecule has 0 N–H and O–H groups in total. The lowest BCUT2D eigenvalue weighted by atomic mass is 10.2. The smallest absolute Gasteiger partial charge is 0.195 e. The zero-order valence-electron chi connectivity index (χ0n) is 12.3. The summed E-state index contributed by atoms with van der Waals surface area (Å²) in [5.74, 6) is 0.501. The molecule has 1 aromatic rings. The summed E-state index contributed by atoms with van der Waals surface area (Å²) in [5.41, 5.74) is 0. The van der Waals surface area contributed by atoms with Gasteiger partial charge in [0.05, 0.1) is 6.61 Å². The van der Waals surface area contributed by atoms with Crippen molar-refractivity contribution in [1.82, 2.24) is 9.55 Å². The normalized spacial score (nSPS) is 12.8. The van der Waals surface area contributed by atoms with Crippen LogP contribution in [0.2, 0.25) is 18.1 Å². The predicted molar refractivity (Wildman–Crippen MR) is 75.4 cm³/mol. The number of Topliss-reactive ketones (excluding diaryl/α,β-unsaturated/α-hetero) is 1. The highest BCUT2D eigenvalue weighted by atomic mass is 28.4. The Labute approximate surface area is 110 Å². The van der Waals surface area contributed by atoms with Crippen LogP contribution >= 0.6 is 0 Å². The van der Waals surface area contributed by atoms with Crippen LogP contribution in [0.25, 0.3) is 0 Å². The molecule has 1 heterocycles. The van der Waals surface area contributed by atoms with Crippen molar-refractivity contribution in [3.05, 3.63) is 18.2 Å². The average molecular weight is 268 g/mol. The Hall–Kier alpha value is -0.943. The quantitative estimate of drug-likeness (QED) is 0.609. The topological polar surface area (TPSA) is 44.1 Å². The first-order valence-electron chi connectivity index (χ1n) is 6.31. The van der Waals surface area contributed by atoms with Crippen molar-refractivity contribution < 1.29 is 9.22 Å². The lowest BCUT2D eigenvalue weighted by Crippen LogP contribution is -2.41. The van der Waals surface area contributed by atoms with E-state index < -0.39 is 8.32 Å². The maximum atomic E-state index is 11.3. The van der Waals surface area contributed by atoms with Gasteiger partial charge in [0.2, 0.25) is 0 Å². The molecule has 0 aliphatic rings. The Kier molecular flexibility index (Phi) is 4.50. The zero-order chi connectivity index (χ0) is 14.0. The van der Waals surface area contributed by atoms with Crippen LogP contribution in [0.5, 0.6) is 0 Å². The molecule has 102 valence electrons. The molecule has 0 aliphatic heterocycles. The van der Waals surface area contributed by atoms with Crippen molar-refractivity contribution in [2.75, 3.05) is 6.61 Å². The van der Waals surface area contributed by atoms with Gasteiger partial charge in [-0.05, 0) is 18.1 Å². The van der Waals surface area contributed by atoms with E-state index in [-0.39, 0.29) is 10.8 Å². The molecular formula is C13H24N2O2Si. The number of nitrogens with zero attached hydrogens (tertiary/aromatic N) is 2. The zero-order valence-corrected chi connectivity index (χ0v) is 13.3. The largest absolute Gasteiger partial charge is 0.415 e. The molecule has 1 rings (SSSR count). The fourth-order valence-corrected chi connectivity index (χ4v) is 2.45. The minimum absolute atomic E-state index is 0.00711. The maximum Gasteiger partial charge on any atom is 0.195 e. The summed E-state index contributed by atoms with van der Waals surface area (Å²) < 4.78 is 7.94. The van der Waals surface area contributed by atoms with Crippen molar-refractivity contribution in [1.29, 1.82) is 0 Å². The Bertz CT molecular complexity index is 419. The van der Waals surface area contributed by atoms with Gasteiger partial charge in [-0.3, -0.25) is 4.79 Å². The third-order valence-electron chi connectivity index (χ3n) is 3.63. The van der Waals surface area contributed by atoms with Gasteiger partial charge in [-0.25, -0.2) is 4.98 Å². The van der Waals surface area contributed by atoms with E-state index >= 15 is 0 Å². The van der Waals surface area contributed by atoms with E-state index in [1.165, 1.54) is 6.92 Å². The maximum absolute atomic E-state index is 11.3. The molecule has 18 heavy (non-hydrogen) atoms. The highest BCUT2D eigenvalue weighted by molar-refractivity contribution is 6.74. The molecule has 0 radical (unpaired) electrons.